The molecular formula is C12H17NO2. The van der Waals surface area contributed by atoms with Crippen LogP contribution in [0.1, 0.15) is 30.5 Å². The first-order valence-electron chi connectivity index (χ1n) is 5.49. The maximum absolute atomic E-state index is 9.11. The van der Waals surface area contributed by atoms with Crippen LogP contribution in [0.25, 0.3) is 0 Å². The molecule has 1 aliphatic carbocycles. The van der Waals surface area contributed by atoms with Gasteiger partial charge < -0.3 is 9.84 Å². The van der Waals surface area contributed by atoms with Crippen molar-refractivity contribution in [2.75, 3.05) is 6.61 Å². The van der Waals surface area contributed by atoms with E-state index in [1.165, 1.54) is 12.8 Å². The van der Waals surface area contributed by atoms with Gasteiger partial charge in [0.1, 0.15) is 5.75 Å². The lowest BCUT2D eigenvalue weighted by Gasteiger charge is -2.09. The predicted molar refractivity (Wildman–Crippen MR) is 57.7 cm³/mol. The van der Waals surface area contributed by atoms with Crippen molar-refractivity contribution in [1.29, 1.82) is 0 Å². The minimum atomic E-state index is -0.00789. The lowest BCUT2D eigenvalue weighted by atomic mass is 10.2. The first kappa shape index (κ1) is 10.4. The Bertz CT molecular complexity index is 334. The second-order valence-corrected chi connectivity index (χ2v) is 4.17. The quantitative estimate of drug-likeness (QED) is 0.803. The van der Waals surface area contributed by atoms with Gasteiger partial charge in [-0.25, -0.2) is 0 Å². The molecule has 1 aliphatic rings. The average Bonchev–Trinajstić information content (AvgIpc) is 3.02. The van der Waals surface area contributed by atoms with E-state index >= 15 is 0 Å². The van der Waals surface area contributed by atoms with Gasteiger partial charge in [-0.05, 0) is 19.3 Å². The number of pyridine rings is 1. The Morgan fingerprint density at radius 2 is 2.33 bits per heavy atom. The van der Waals surface area contributed by atoms with Crippen molar-refractivity contribution < 1.29 is 9.84 Å². The van der Waals surface area contributed by atoms with E-state index in [1.54, 1.807) is 6.20 Å². The van der Waals surface area contributed by atoms with E-state index in [-0.39, 0.29) is 6.61 Å². The molecule has 2 rings (SSSR count). The largest absolute Gasteiger partial charge is 0.493 e. The predicted octanol–water partition coefficient (Wildman–Crippen LogP) is 2.06. The molecule has 1 fully saturated rings. The lowest BCUT2D eigenvalue weighted by molar-refractivity contribution is 0.258. The summed E-state index contributed by atoms with van der Waals surface area (Å²) < 4.78 is 5.66. The van der Waals surface area contributed by atoms with Crippen LogP contribution in [0.3, 0.4) is 0 Å². The molecule has 1 aromatic rings. The van der Waals surface area contributed by atoms with E-state index in [4.69, 9.17) is 9.84 Å². The van der Waals surface area contributed by atoms with E-state index in [0.717, 1.165) is 36.0 Å². The van der Waals surface area contributed by atoms with Gasteiger partial charge in [0.15, 0.2) is 0 Å². The van der Waals surface area contributed by atoms with Gasteiger partial charge >= 0.3 is 0 Å². The zero-order valence-electron chi connectivity index (χ0n) is 9.07. The summed E-state index contributed by atoms with van der Waals surface area (Å²) in [6, 6.07) is 1.89. The number of nitrogens with zero attached hydrogens (tertiary/aromatic N) is 1. The molecule has 3 heteroatoms. The Hall–Kier alpha value is -1.09. The Morgan fingerprint density at radius 3 is 3.00 bits per heavy atom. The van der Waals surface area contributed by atoms with Gasteiger partial charge in [-0.3, -0.25) is 4.98 Å². The SMILES string of the molecule is Cc1cc(OCCC2CC2)c(CO)cn1. The van der Waals surface area contributed by atoms with Crippen molar-refractivity contribution in [2.24, 2.45) is 5.92 Å². The molecule has 0 bridgehead atoms. The standard InChI is InChI=1S/C12H17NO2/c1-9-6-12(11(8-14)7-13-9)15-5-4-10-2-3-10/h6-7,10,14H,2-5,8H2,1H3. The minimum absolute atomic E-state index is 0.00789. The smallest absolute Gasteiger partial charge is 0.128 e. The molecule has 15 heavy (non-hydrogen) atoms. The molecule has 0 spiro atoms. The zero-order valence-corrected chi connectivity index (χ0v) is 9.07. The highest BCUT2D eigenvalue weighted by atomic mass is 16.5. The number of aliphatic hydroxyl groups is 1. The fraction of sp³-hybridized carbons (Fsp3) is 0.583. The van der Waals surface area contributed by atoms with Crippen LogP contribution in [0, 0.1) is 12.8 Å². The summed E-state index contributed by atoms with van der Waals surface area (Å²) in [6.45, 7) is 2.67. The van der Waals surface area contributed by atoms with E-state index < -0.39 is 0 Å². The number of hydrogen-bond acceptors (Lipinski definition) is 3. The van der Waals surface area contributed by atoms with Crippen LogP contribution in [-0.4, -0.2) is 16.7 Å². The van der Waals surface area contributed by atoms with Gasteiger partial charge in [0.25, 0.3) is 0 Å². The third-order valence-electron chi connectivity index (χ3n) is 2.73. The first-order chi connectivity index (χ1) is 7.29. The lowest BCUT2D eigenvalue weighted by Crippen LogP contribution is -2.02. The van der Waals surface area contributed by atoms with Crippen LogP contribution in [-0.2, 0) is 6.61 Å². The molecule has 1 saturated carbocycles. The fourth-order valence-electron chi connectivity index (χ4n) is 1.56. The normalized spacial score (nSPS) is 15.3. The number of aryl methyl sites for hydroxylation is 1. The summed E-state index contributed by atoms with van der Waals surface area (Å²) in [5.41, 5.74) is 1.70. The van der Waals surface area contributed by atoms with Crippen molar-refractivity contribution in [2.45, 2.75) is 32.8 Å². The highest BCUT2D eigenvalue weighted by Gasteiger charge is 2.20. The maximum Gasteiger partial charge on any atom is 0.128 e. The van der Waals surface area contributed by atoms with E-state index in [1.807, 2.05) is 13.0 Å². The van der Waals surface area contributed by atoms with E-state index in [9.17, 15) is 0 Å². The molecule has 1 aromatic heterocycles. The molecule has 0 amide bonds. The molecule has 82 valence electrons. The number of hydrogen-bond donors (Lipinski definition) is 1. The molecule has 1 heterocycles. The molecule has 1 N–H and O–H groups in total. The van der Waals surface area contributed by atoms with E-state index in [0.29, 0.717) is 0 Å². The van der Waals surface area contributed by atoms with Crippen LogP contribution >= 0.6 is 0 Å². The summed E-state index contributed by atoms with van der Waals surface area (Å²) in [5.74, 6) is 1.66. The molecule has 3 nitrogen and oxygen atoms in total. The summed E-state index contributed by atoms with van der Waals surface area (Å²) in [5, 5.41) is 9.11. The summed E-state index contributed by atoms with van der Waals surface area (Å²) >= 11 is 0. The molecule has 0 aliphatic heterocycles. The van der Waals surface area contributed by atoms with Crippen LogP contribution in [0.4, 0.5) is 0 Å². The second-order valence-electron chi connectivity index (χ2n) is 4.17. The Balaban J connectivity index is 1.94. The zero-order chi connectivity index (χ0) is 10.7. The fourth-order valence-corrected chi connectivity index (χ4v) is 1.56. The summed E-state index contributed by atoms with van der Waals surface area (Å²) in [7, 11) is 0. The van der Waals surface area contributed by atoms with Gasteiger partial charge in [-0.15, -0.1) is 0 Å². The maximum atomic E-state index is 9.11. The molecule has 0 unspecified atom stereocenters. The van der Waals surface area contributed by atoms with Crippen molar-refractivity contribution in [3.8, 4) is 5.75 Å². The van der Waals surface area contributed by atoms with Crippen molar-refractivity contribution in [1.82, 2.24) is 4.98 Å². The minimum Gasteiger partial charge on any atom is -0.493 e. The van der Waals surface area contributed by atoms with Gasteiger partial charge in [0, 0.05) is 23.5 Å². The Labute approximate surface area is 90.1 Å². The topological polar surface area (TPSA) is 42.4 Å². The molecule has 0 radical (unpaired) electrons. The van der Waals surface area contributed by atoms with Crippen LogP contribution < -0.4 is 4.74 Å². The highest BCUT2D eigenvalue weighted by Crippen LogP contribution is 2.32. The number of aliphatic hydroxyl groups excluding tert-OH is 1. The van der Waals surface area contributed by atoms with Gasteiger partial charge in [-0.1, -0.05) is 12.8 Å². The van der Waals surface area contributed by atoms with Gasteiger partial charge in [0.2, 0.25) is 0 Å². The monoisotopic (exact) mass is 207 g/mol. The summed E-state index contributed by atoms with van der Waals surface area (Å²) in [6.07, 6.45) is 5.52. The molecule has 0 aromatic carbocycles. The van der Waals surface area contributed by atoms with Crippen LogP contribution in [0.5, 0.6) is 5.75 Å². The van der Waals surface area contributed by atoms with Gasteiger partial charge in [-0.2, -0.15) is 0 Å². The number of aromatic nitrogens is 1. The van der Waals surface area contributed by atoms with E-state index in [2.05, 4.69) is 4.98 Å². The van der Waals surface area contributed by atoms with Crippen molar-refractivity contribution >= 4 is 0 Å². The second kappa shape index (κ2) is 4.62. The van der Waals surface area contributed by atoms with Crippen molar-refractivity contribution in [3.63, 3.8) is 0 Å². The van der Waals surface area contributed by atoms with Crippen LogP contribution in [0.15, 0.2) is 12.3 Å². The Morgan fingerprint density at radius 1 is 1.53 bits per heavy atom. The number of ether oxygens (including phenoxy) is 1. The summed E-state index contributed by atoms with van der Waals surface area (Å²) in [4.78, 5) is 4.13. The molecule has 0 saturated heterocycles. The number of rotatable bonds is 5. The third kappa shape index (κ3) is 2.93. The van der Waals surface area contributed by atoms with Crippen molar-refractivity contribution in [3.05, 3.63) is 23.5 Å². The first-order valence-corrected chi connectivity index (χ1v) is 5.49. The molecule has 0 atom stereocenters. The average molecular weight is 207 g/mol. The third-order valence-corrected chi connectivity index (χ3v) is 2.73. The van der Waals surface area contributed by atoms with Gasteiger partial charge in [0.05, 0.1) is 13.2 Å². The highest BCUT2D eigenvalue weighted by molar-refractivity contribution is 5.32. The van der Waals surface area contributed by atoms with Crippen LogP contribution in [0.2, 0.25) is 0 Å². The Kier molecular flexibility index (Phi) is 3.21. The molecular weight excluding hydrogens is 190 g/mol.